The summed E-state index contributed by atoms with van der Waals surface area (Å²) in [5, 5.41) is 9.80. The molecule has 0 aromatic rings. The number of rotatable bonds is 1. The maximum Gasteiger partial charge on any atom is 0.0837 e. The van der Waals surface area contributed by atoms with Crippen molar-refractivity contribution in [2.75, 3.05) is 0 Å². The van der Waals surface area contributed by atoms with Crippen molar-refractivity contribution in [1.82, 2.24) is 0 Å². The molecule has 0 unspecified atom stereocenters. The highest BCUT2D eigenvalue weighted by Crippen LogP contribution is 2.31. The van der Waals surface area contributed by atoms with Gasteiger partial charge in [-0.2, -0.15) is 0 Å². The van der Waals surface area contributed by atoms with Crippen molar-refractivity contribution < 1.29 is 9.84 Å². The van der Waals surface area contributed by atoms with Gasteiger partial charge in [0.1, 0.15) is 0 Å². The van der Waals surface area contributed by atoms with Gasteiger partial charge in [0.15, 0.2) is 0 Å². The van der Waals surface area contributed by atoms with Crippen molar-refractivity contribution in [3.63, 3.8) is 0 Å². The van der Waals surface area contributed by atoms with Crippen molar-refractivity contribution in [1.29, 1.82) is 0 Å². The van der Waals surface area contributed by atoms with Crippen LogP contribution >= 0.6 is 0 Å². The standard InChI is InChI=1S/C10H20O2/c1-5-9-10(11)7(3)6(2)8(4)12-9/h6-11H,5H2,1-4H3/t6-,7-,8-,9-,10-/m1/s1. The lowest BCUT2D eigenvalue weighted by Crippen LogP contribution is -2.47. The van der Waals surface area contributed by atoms with Gasteiger partial charge < -0.3 is 9.84 Å². The lowest BCUT2D eigenvalue weighted by Gasteiger charge is -2.41. The summed E-state index contributed by atoms with van der Waals surface area (Å²) >= 11 is 0. The fourth-order valence-electron chi connectivity index (χ4n) is 1.89. The molecule has 1 aliphatic rings. The van der Waals surface area contributed by atoms with Crippen LogP contribution in [-0.4, -0.2) is 23.4 Å². The van der Waals surface area contributed by atoms with E-state index in [0.717, 1.165) is 6.42 Å². The monoisotopic (exact) mass is 172 g/mol. The van der Waals surface area contributed by atoms with Gasteiger partial charge in [0.05, 0.1) is 18.3 Å². The minimum absolute atomic E-state index is 0.0474. The van der Waals surface area contributed by atoms with Crippen LogP contribution in [0.25, 0.3) is 0 Å². The third-order valence-electron chi connectivity index (χ3n) is 3.28. The van der Waals surface area contributed by atoms with E-state index in [4.69, 9.17) is 4.74 Å². The Labute approximate surface area is 74.9 Å². The van der Waals surface area contributed by atoms with E-state index in [1.807, 2.05) is 0 Å². The molecule has 2 nitrogen and oxygen atoms in total. The van der Waals surface area contributed by atoms with Gasteiger partial charge in [0.25, 0.3) is 0 Å². The van der Waals surface area contributed by atoms with E-state index >= 15 is 0 Å². The Hall–Kier alpha value is -0.0800. The average molecular weight is 172 g/mol. The summed E-state index contributed by atoms with van der Waals surface area (Å²) < 4.78 is 5.68. The van der Waals surface area contributed by atoms with Crippen molar-refractivity contribution in [3.05, 3.63) is 0 Å². The molecule has 1 aliphatic heterocycles. The first-order chi connectivity index (χ1) is 5.57. The lowest BCUT2D eigenvalue weighted by molar-refractivity contribution is -0.162. The Morgan fingerprint density at radius 2 is 1.75 bits per heavy atom. The van der Waals surface area contributed by atoms with Crippen LogP contribution < -0.4 is 0 Å². The fraction of sp³-hybridized carbons (Fsp3) is 1.00. The molecule has 0 spiro atoms. The molecule has 1 N–H and O–H groups in total. The van der Waals surface area contributed by atoms with Gasteiger partial charge in [-0.3, -0.25) is 0 Å². The Kier molecular flexibility index (Phi) is 3.13. The van der Waals surface area contributed by atoms with Crippen LogP contribution in [-0.2, 0) is 4.74 Å². The third kappa shape index (κ3) is 1.64. The lowest BCUT2D eigenvalue weighted by atomic mass is 9.81. The maximum atomic E-state index is 9.80. The van der Waals surface area contributed by atoms with E-state index in [-0.39, 0.29) is 18.3 Å². The zero-order chi connectivity index (χ0) is 9.30. The molecule has 0 aromatic heterocycles. The molecule has 0 radical (unpaired) electrons. The van der Waals surface area contributed by atoms with Gasteiger partial charge in [0, 0.05) is 0 Å². The first-order valence-corrected chi connectivity index (χ1v) is 4.91. The van der Waals surface area contributed by atoms with E-state index in [2.05, 4.69) is 27.7 Å². The molecule has 0 saturated carbocycles. The number of ether oxygens (including phenoxy) is 1. The molecule has 72 valence electrons. The Bertz CT molecular complexity index is 142. The first kappa shape index (κ1) is 10.0. The molecule has 0 amide bonds. The summed E-state index contributed by atoms with van der Waals surface area (Å²) in [7, 11) is 0. The molecule has 0 bridgehead atoms. The number of hydrogen-bond acceptors (Lipinski definition) is 2. The average Bonchev–Trinajstić information content (AvgIpc) is 2.08. The molecule has 0 aromatic carbocycles. The molecule has 0 aliphatic carbocycles. The van der Waals surface area contributed by atoms with Crippen LogP contribution in [0.4, 0.5) is 0 Å². The predicted molar refractivity (Wildman–Crippen MR) is 49.0 cm³/mol. The van der Waals surface area contributed by atoms with Crippen LogP contribution in [0.1, 0.15) is 34.1 Å². The number of aliphatic hydroxyl groups excluding tert-OH is 1. The quantitative estimate of drug-likeness (QED) is 0.653. The molecule has 1 rings (SSSR count). The van der Waals surface area contributed by atoms with Gasteiger partial charge in [0.2, 0.25) is 0 Å². The van der Waals surface area contributed by atoms with Gasteiger partial charge in [-0.1, -0.05) is 20.8 Å². The van der Waals surface area contributed by atoms with E-state index in [0.29, 0.717) is 11.8 Å². The van der Waals surface area contributed by atoms with Gasteiger partial charge >= 0.3 is 0 Å². The topological polar surface area (TPSA) is 29.5 Å². The molecule has 2 heteroatoms. The molecular weight excluding hydrogens is 152 g/mol. The van der Waals surface area contributed by atoms with Crippen molar-refractivity contribution in [2.45, 2.75) is 52.4 Å². The van der Waals surface area contributed by atoms with Gasteiger partial charge in [-0.05, 0) is 25.2 Å². The Morgan fingerprint density at radius 3 is 2.25 bits per heavy atom. The third-order valence-corrected chi connectivity index (χ3v) is 3.28. The highest BCUT2D eigenvalue weighted by Gasteiger charge is 2.37. The number of aliphatic hydroxyl groups is 1. The van der Waals surface area contributed by atoms with Gasteiger partial charge in [-0.25, -0.2) is 0 Å². The summed E-state index contributed by atoms with van der Waals surface area (Å²) in [6.45, 7) is 8.40. The summed E-state index contributed by atoms with van der Waals surface area (Å²) in [5.74, 6) is 0.821. The maximum absolute atomic E-state index is 9.80. The zero-order valence-corrected chi connectivity index (χ0v) is 8.45. The van der Waals surface area contributed by atoms with E-state index in [9.17, 15) is 5.11 Å². The van der Waals surface area contributed by atoms with E-state index in [1.54, 1.807) is 0 Å². The van der Waals surface area contributed by atoms with Crippen LogP contribution in [0.5, 0.6) is 0 Å². The first-order valence-electron chi connectivity index (χ1n) is 4.91. The van der Waals surface area contributed by atoms with E-state index in [1.165, 1.54) is 0 Å². The smallest absolute Gasteiger partial charge is 0.0837 e. The molecule has 5 atom stereocenters. The minimum Gasteiger partial charge on any atom is -0.390 e. The summed E-state index contributed by atoms with van der Waals surface area (Å²) in [6, 6.07) is 0. The molecule has 12 heavy (non-hydrogen) atoms. The van der Waals surface area contributed by atoms with Crippen LogP contribution in [0.2, 0.25) is 0 Å². The molecule has 1 saturated heterocycles. The minimum atomic E-state index is -0.277. The largest absolute Gasteiger partial charge is 0.390 e. The Balaban J connectivity index is 2.63. The van der Waals surface area contributed by atoms with Crippen molar-refractivity contribution in [2.24, 2.45) is 11.8 Å². The molecule has 1 heterocycles. The second kappa shape index (κ2) is 3.75. The normalized spacial score (nSPS) is 49.2. The number of hydrogen-bond donors (Lipinski definition) is 1. The van der Waals surface area contributed by atoms with Crippen LogP contribution in [0.3, 0.4) is 0 Å². The highest BCUT2D eigenvalue weighted by atomic mass is 16.5. The van der Waals surface area contributed by atoms with Crippen molar-refractivity contribution >= 4 is 0 Å². The fourth-order valence-corrected chi connectivity index (χ4v) is 1.89. The Morgan fingerprint density at radius 1 is 1.17 bits per heavy atom. The molecular formula is C10H20O2. The predicted octanol–water partition coefficient (Wildman–Crippen LogP) is 1.82. The van der Waals surface area contributed by atoms with Crippen molar-refractivity contribution in [3.8, 4) is 0 Å². The van der Waals surface area contributed by atoms with Gasteiger partial charge in [-0.15, -0.1) is 0 Å². The zero-order valence-electron chi connectivity index (χ0n) is 8.45. The summed E-state index contributed by atoms with van der Waals surface area (Å²) in [5.41, 5.74) is 0. The van der Waals surface area contributed by atoms with Crippen LogP contribution in [0.15, 0.2) is 0 Å². The molecule has 1 fully saturated rings. The summed E-state index contributed by atoms with van der Waals surface area (Å²) in [6.07, 6.45) is 0.962. The second-order valence-corrected chi connectivity index (χ2v) is 4.00. The SMILES string of the molecule is CC[C@H]1O[C@H](C)[C@H](C)[C@@H](C)[C@H]1O. The van der Waals surface area contributed by atoms with E-state index < -0.39 is 0 Å². The second-order valence-electron chi connectivity index (χ2n) is 4.00. The van der Waals surface area contributed by atoms with Crippen LogP contribution in [0, 0.1) is 11.8 Å². The summed E-state index contributed by atoms with van der Waals surface area (Å²) in [4.78, 5) is 0. The highest BCUT2D eigenvalue weighted by molar-refractivity contribution is 4.85.